The van der Waals surface area contributed by atoms with Crippen LogP contribution >= 0.6 is 0 Å². The lowest BCUT2D eigenvalue weighted by Crippen LogP contribution is -2.59. The fourth-order valence-electron chi connectivity index (χ4n) is 3.91. The molecule has 2 fully saturated rings. The van der Waals surface area contributed by atoms with Crippen LogP contribution in [0.2, 0.25) is 0 Å². The van der Waals surface area contributed by atoms with Gasteiger partial charge in [-0.15, -0.1) is 0 Å². The lowest BCUT2D eigenvalue weighted by molar-refractivity contribution is -0.260. The molecule has 2 aliphatic heterocycles. The molecule has 1 spiro atoms. The molecule has 0 aromatic heterocycles. The Morgan fingerprint density at radius 1 is 0.968 bits per heavy atom. The van der Waals surface area contributed by atoms with Crippen LogP contribution in [0.3, 0.4) is 0 Å². The van der Waals surface area contributed by atoms with Crippen molar-refractivity contribution >= 4 is 11.7 Å². The normalized spacial score (nSPS) is 22.4. The van der Waals surface area contributed by atoms with Crippen LogP contribution in [-0.4, -0.2) is 61.0 Å². The summed E-state index contributed by atoms with van der Waals surface area (Å²) in [5, 5.41) is 2.59. The molecule has 1 unspecified atom stereocenters. The van der Waals surface area contributed by atoms with Gasteiger partial charge in [0, 0.05) is 19.6 Å². The number of urea groups is 1. The number of amides is 2. The Bertz CT molecular complexity index is 945. The largest absolute Gasteiger partial charge is 0.347 e. The molecule has 1 N–H and O–H groups in total. The molecule has 2 saturated heterocycles. The molecule has 2 amide bonds. The van der Waals surface area contributed by atoms with Crippen LogP contribution in [0.4, 0.5) is 23.7 Å². The fraction of sp³-hybridized carbons (Fsp3) is 0.409. The predicted molar refractivity (Wildman–Crippen MR) is 108 cm³/mol. The number of hydrogen-bond donors (Lipinski definition) is 1. The monoisotopic (exact) mass is 435 g/mol. The van der Waals surface area contributed by atoms with E-state index in [0.29, 0.717) is 38.3 Å². The minimum Gasteiger partial charge on any atom is -0.347 e. The van der Waals surface area contributed by atoms with Gasteiger partial charge in [-0.3, -0.25) is 4.90 Å². The average Bonchev–Trinajstić information content (AvgIpc) is 2.94. The minimum absolute atomic E-state index is 0.106. The number of para-hydroxylation sites is 1. The first-order valence-electron chi connectivity index (χ1n) is 10.2. The fourth-order valence-corrected chi connectivity index (χ4v) is 3.91. The Kier molecular flexibility index (Phi) is 6.45. The Morgan fingerprint density at radius 3 is 2.58 bits per heavy atom. The first kappa shape index (κ1) is 21.6. The van der Waals surface area contributed by atoms with E-state index in [9.17, 15) is 18.0 Å². The number of nitrogens with zero attached hydrogens (tertiary/aromatic N) is 2. The molecule has 166 valence electrons. The van der Waals surface area contributed by atoms with Crippen LogP contribution in [0.25, 0.3) is 0 Å². The van der Waals surface area contributed by atoms with Crippen molar-refractivity contribution in [2.45, 2.75) is 18.8 Å². The number of rotatable bonds is 3. The molecule has 0 bridgehead atoms. The molecule has 1 atom stereocenters. The summed E-state index contributed by atoms with van der Waals surface area (Å²) in [6.07, 6.45) is 0.732. The molecule has 2 heterocycles. The highest BCUT2D eigenvalue weighted by molar-refractivity contribution is 5.89. The molecule has 31 heavy (non-hydrogen) atoms. The van der Waals surface area contributed by atoms with Gasteiger partial charge in [-0.2, -0.15) is 0 Å². The summed E-state index contributed by atoms with van der Waals surface area (Å²) in [6.45, 7) is 2.66. The summed E-state index contributed by atoms with van der Waals surface area (Å²) in [5.74, 6) is -3.32. The summed E-state index contributed by atoms with van der Waals surface area (Å²) in [7, 11) is 0. The van der Waals surface area contributed by atoms with Crippen molar-refractivity contribution in [3.63, 3.8) is 0 Å². The summed E-state index contributed by atoms with van der Waals surface area (Å²) < 4.78 is 52.7. The maximum atomic E-state index is 13.9. The highest BCUT2D eigenvalue weighted by atomic mass is 19.2. The van der Waals surface area contributed by atoms with Crippen molar-refractivity contribution in [3.8, 4) is 0 Å². The Labute approximate surface area is 178 Å². The zero-order valence-corrected chi connectivity index (χ0v) is 17.0. The zero-order chi connectivity index (χ0) is 21.8. The topological polar surface area (TPSA) is 54.0 Å². The van der Waals surface area contributed by atoms with E-state index >= 15 is 0 Å². The zero-order valence-electron chi connectivity index (χ0n) is 17.0. The third-order valence-electron chi connectivity index (χ3n) is 5.40. The molecule has 2 aromatic rings. The number of ether oxygens (including phenoxy) is 2. The summed E-state index contributed by atoms with van der Waals surface area (Å²) in [4.78, 5) is 16.3. The number of anilines is 1. The van der Waals surface area contributed by atoms with E-state index < -0.39 is 29.3 Å². The lowest BCUT2D eigenvalue weighted by atomic mass is 10.1. The van der Waals surface area contributed by atoms with Crippen molar-refractivity contribution in [1.82, 2.24) is 9.80 Å². The van der Waals surface area contributed by atoms with Crippen molar-refractivity contribution < 1.29 is 27.4 Å². The molecule has 4 rings (SSSR count). The minimum atomic E-state index is -1.04. The van der Waals surface area contributed by atoms with Gasteiger partial charge in [-0.1, -0.05) is 18.2 Å². The van der Waals surface area contributed by atoms with Gasteiger partial charge in [0.25, 0.3) is 0 Å². The van der Waals surface area contributed by atoms with E-state index in [4.69, 9.17) is 9.47 Å². The van der Waals surface area contributed by atoms with Crippen LogP contribution in [0.1, 0.15) is 12.0 Å². The number of nitrogens with one attached hydrogen (secondary N) is 1. The van der Waals surface area contributed by atoms with Crippen molar-refractivity contribution in [2.75, 3.05) is 44.7 Å². The van der Waals surface area contributed by atoms with Gasteiger partial charge >= 0.3 is 6.03 Å². The smallest absolute Gasteiger partial charge is 0.322 e. The Hall–Kier alpha value is -2.62. The standard InChI is InChI=1S/C22H24F3N3O3/c23-17-7-6-16(12-19(17)25)13-27-8-3-10-30-22(14-27)15-28(9-11-31-22)21(29)26-20-5-2-1-4-18(20)24/h1-2,4-7,12H,3,8-11,13-15H2,(H,26,29). The first-order valence-corrected chi connectivity index (χ1v) is 10.2. The molecular weight excluding hydrogens is 411 g/mol. The molecule has 2 aliphatic rings. The SMILES string of the molecule is O=C(Nc1ccccc1F)N1CCOC2(CN(Cc3ccc(F)c(F)c3)CCCO2)C1. The highest BCUT2D eigenvalue weighted by Gasteiger charge is 2.42. The highest BCUT2D eigenvalue weighted by Crippen LogP contribution is 2.26. The van der Waals surface area contributed by atoms with E-state index in [1.165, 1.54) is 23.1 Å². The van der Waals surface area contributed by atoms with Crippen LogP contribution in [0.15, 0.2) is 42.5 Å². The van der Waals surface area contributed by atoms with E-state index in [2.05, 4.69) is 5.32 Å². The second kappa shape index (κ2) is 9.25. The van der Waals surface area contributed by atoms with Gasteiger partial charge in [0.15, 0.2) is 17.4 Å². The predicted octanol–water partition coefficient (Wildman–Crippen LogP) is 3.59. The molecule has 2 aromatic carbocycles. The average molecular weight is 435 g/mol. The van der Waals surface area contributed by atoms with Gasteiger partial charge < -0.3 is 19.7 Å². The number of morpholine rings is 1. The summed E-state index contributed by atoms with van der Waals surface area (Å²) in [5.41, 5.74) is 0.746. The van der Waals surface area contributed by atoms with Gasteiger partial charge in [0.1, 0.15) is 5.82 Å². The number of carbonyl (C=O) groups is 1. The van der Waals surface area contributed by atoms with E-state index in [1.54, 1.807) is 18.2 Å². The van der Waals surface area contributed by atoms with Crippen molar-refractivity contribution in [2.24, 2.45) is 0 Å². The maximum absolute atomic E-state index is 13.9. The number of carbonyl (C=O) groups excluding carboxylic acids is 1. The van der Waals surface area contributed by atoms with Crippen molar-refractivity contribution in [1.29, 1.82) is 0 Å². The van der Waals surface area contributed by atoms with Crippen LogP contribution in [0, 0.1) is 17.5 Å². The third kappa shape index (κ3) is 5.17. The van der Waals surface area contributed by atoms with Crippen LogP contribution in [-0.2, 0) is 16.0 Å². The van der Waals surface area contributed by atoms with Gasteiger partial charge in [-0.05, 0) is 36.2 Å². The Balaban J connectivity index is 1.44. The second-order valence-electron chi connectivity index (χ2n) is 7.75. The molecule has 9 heteroatoms. The number of halogens is 3. The molecular formula is C22H24F3N3O3. The van der Waals surface area contributed by atoms with Gasteiger partial charge in [0.2, 0.25) is 0 Å². The molecule has 0 radical (unpaired) electrons. The van der Waals surface area contributed by atoms with E-state index in [0.717, 1.165) is 12.5 Å². The van der Waals surface area contributed by atoms with E-state index in [1.807, 2.05) is 4.90 Å². The van der Waals surface area contributed by atoms with Gasteiger partial charge in [0.05, 0.1) is 32.0 Å². The molecule has 0 aliphatic carbocycles. The quantitative estimate of drug-likeness (QED) is 0.801. The molecule has 0 saturated carbocycles. The van der Waals surface area contributed by atoms with Gasteiger partial charge in [-0.25, -0.2) is 18.0 Å². The van der Waals surface area contributed by atoms with Crippen molar-refractivity contribution in [3.05, 3.63) is 65.5 Å². The molecule has 6 nitrogen and oxygen atoms in total. The maximum Gasteiger partial charge on any atom is 0.322 e. The summed E-state index contributed by atoms with van der Waals surface area (Å²) >= 11 is 0. The number of benzene rings is 2. The van der Waals surface area contributed by atoms with Crippen LogP contribution in [0.5, 0.6) is 0 Å². The second-order valence-corrected chi connectivity index (χ2v) is 7.75. The lowest BCUT2D eigenvalue weighted by Gasteiger charge is -2.43. The van der Waals surface area contributed by atoms with Crippen LogP contribution < -0.4 is 5.32 Å². The Morgan fingerprint density at radius 2 is 1.77 bits per heavy atom. The third-order valence-corrected chi connectivity index (χ3v) is 5.40. The number of hydrogen-bond acceptors (Lipinski definition) is 4. The first-order chi connectivity index (χ1) is 14.9. The summed E-state index contributed by atoms with van der Waals surface area (Å²) in [6, 6.07) is 9.38. The van der Waals surface area contributed by atoms with E-state index in [-0.39, 0.29) is 18.8 Å².